The van der Waals surface area contributed by atoms with E-state index in [1.54, 1.807) is 40.6 Å². The number of carbonyl (C=O) groups excluding carboxylic acids is 1. The van der Waals surface area contributed by atoms with Crippen LogP contribution in [0.4, 0.5) is 0 Å². The Kier molecular flexibility index (Phi) is 6.87. The number of nitrogens with zero attached hydrogens (tertiary/aromatic N) is 1. The molecule has 0 amide bonds. The fourth-order valence-corrected chi connectivity index (χ4v) is 2.95. The second-order valence-electron chi connectivity index (χ2n) is 5.75. The zero-order valence-electron chi connectivity index (χ0n) is 16.5. The Morgan fingerprint density at radius 1 is 0.926 bits per heavy atom. The maximum absolute atomic E-state index is 11.2. The first-order valence-corrected chi connectivity index (χ1v) is 8.56. The molecule has 0 bridgehead atoms. The molecule has 0 radical (unpaired) electrons. The summed E-state index contributed by atoms with van der Waals surface area (Å²) >= 11 is 0. The topological polar surface area (TPSA) is 75.6 Å². The fourth-order valence-electron chi connectivity index (χ4n) is 2.95. The van der Waals surface area contributed by atoms with Crippen molar-refractivity contribution in [3.8, 4) is 23.0 Å². The van der Waals surface area contributed by atoms with Gasteiger partial charge in [0.15, 0.2) is 0 Å². The Bertz CT molecular complexity index is 859. The summed E-state index contributed by atoms with van der Waals surface area (Å²) in [6.45, 7) is 3.32. The molecule has 0 saturated heterocycles. The second-order valence-corrected chi connectivity index (χ2v) is 5.75. The Balaban J connectivity index is 2.92. The molecular formula is C20H25NO6. The van der Waals surface area contributed by atoms with Crippen molar-refractivity contribution in [2.75, 3.05) is 28.4 Å². The first kappa shape index (κ1) is 20.4. The lowest BCUT2D eigenvalue weighted by Crippen LogP contribution is -2.08. The monoisotopic (exact) mass is 375 g/mol. The molecule has 7 heteroatoms. The van der Waals surface area contributed by atoms with E-state index in [-0.39, 0.29) is 0 Å². The lowest BCUT2D eigenvalue weighted by Gasteiger charge is -2.19. The van der Waals surface area contributed by atoms with Crippen molar-refractivity contribution in [2.24, 2.45) is 5.16 Å². The van der Waals surface area contributed by atoms with Gasteiger partial charge in [-0.3, -0.25) is 0 Å². The maximum Gasteiger partial charge on any atom is 0.331 e. The van der Waals surface area contributed by atoms with Gasteiger partial charge in [-0.05, 0) is 24.6 Å². The van der Waals surface area contributed by atoms with Gasteiger partial charge in [0.1, 0.15) is 23.0 Å². The number of benzene rings is 2. The highest BCUT2D eigenvalue weighted by Gasteiger charge is 2.23. The fraction of sp³-hybridized carbons (Fsp3) is 0.400. The van der Waals surface area contributed by atoms with E-state index >= 15 is 0 Å². The summed E-state index contributed by atoms with van der Waals surface area (Å²) < 4.78 is 22.4. The highest BCUT2D eigenvalue weighted by Crippen LogP contribution is 2.46. The van der Waals surface area contributed by atoms with E-state index in [1.807, 2.05) is 13.0 Å². The summed E-state index contributed by atoms with van der Waals surface area (Å²) in [6.07, 6.45) is 1.39. The molecule has 27 heavy (non-hydrogen) atoms. The van der Waals surface area contributed by atoms with Gasteiger partial charge in [0.25, 0.3) is 0 Å². The average Bonchev–Trinajstić information content (AvgIpc) is 2.68. The third-order valence-electron chi connectivity index (χ3n) is 4.07. The molecule has 0 aliphatic heterocycles. The third-order valence-corrected chi connectivity index (χ3v) is 4.07. The van der Waals surface area contributed by atoms with Crippen LogP contribution in [0.15, 0.2) is 23.4 Å². The van der Waals surface area contributed by atoms with E-state index in [1.165, 1.54) is 6.92 Å². The third kappa shape index (κ3) is 4.07. The highest BCUT2D eigenvalue weighted by atomic mass is 16.7. The van der Waals surface area contributed by atoms with E-state index in [0.29, 0.717) is 46.1 Å². The van der Waals surface area contributed by atoms with Crippen LogP contribution in [0.2, 0.25) is 0 Å². The molecule has 0 N–H and O–H groups in total. The number of ether oxygens (including phenoxy) is 4. The smallest absolute Gasteiger partial charge is 0.331 e. The van der Waals surface area contributed by atoms with E-state index in [9.17, 15) is 4.79 Å². The molecule has 0 spiro atoms. The maximum atomic E-state index is 11.2. The molecule has 146 valence electrons. The molecule has 0 unspecified atom stereocenters. The lowest BCUT2D eigenvalue weighted by atomic mass is 9.97. The molecule has 2 aromatic rings. The Morgan fingerprint density at radius 2 is 1.52 bits per heavy atom. The van der Waals surface area contributed by atoms with Gasteiger partial charge < -0.3 is 23.8 Å². The van der Waals surface area contributed by atoms with Gasteiger partial charge >= 0.3 is 5.97 Å². The van der Waals surface area contributed by atoms with Gasteiger partial charge in [-0.25, -0.2) is 4.79 Å². The van der Waals surface area contributed by atoms with Crippen LogP contribution in [0.3, 0.4) is 0 Å². The Labute approximate surface area is 158 Å². The van der Waals surface area contributed by atoms with E-state index < -0.39 is 5.97 Å². The Hall–Kier alpha value is -2.96. The molecule has 0 fully saturated rings. The van der Waals surface area contributed by atoms with Crippen LogP contribution in [-0.2, 0) is 9.63 Å². The summed E-state index contributed by atoms with van der Waals surface area (Å²) in [5.41, 5.74) is 1.24. The van der Waals surface area contributed by atoms with Crippen LogP contribution in [0.1, 0.15) is 32.3 Å². The SMILES string of the molecule is CCCC(=NOC(C)=O)c1cc(OC)c2c(OC)ccc(OC)c2c1OC. The normalized spacial score (nSPS) is 11.3. The molecular weight excluding hydrogens is 350 g/mol. The molecule has 0 saturated carbocycles. The molecule has 0 aromatic heterocycles. The first-order chi connectivity index (χ1) is 13.0. The summed E-state index contributed by atoms with van der Waals surface area (Å²) in [7, 11) is 6.32. The lowest BCUT2D eigenvalue weighted by molar-refractivity contribution is -0.140. The van der Waals surface area contributed by atoms with Crippen LogP contribution in [-0.4, -0.2) is 40.1 Å². The minimum atomic E-state index is -0.491. The number of oxime groups is 1. The van der Waals surface area contributed by atoms with Crippen LogP contribution in [0.5, 0.6) is 23.0 Å². The highest BCUT2D eigenvalue weighted by molar-refractivity contribution is 6.12. The van der Waals surface area contributed by atoms with Crippen LogP contribution in [0, 0.1) is 0 Å². The number of hydrogen-bond acceptors (Lipinski definition) is 7. The van der Waals surface area contributed by atoms with Crippen molar-refractivity contribution in [3.63, 3.8) is 0 Å². The quantitative estimate of drug-likeness (QED) is 0.395. The van der Waals surface area contributed by atoms with Crippen LogP contribution in [0.25, 0.3) is 10.8 Å². The largest absolute Gasteiger partial charge is 0.496 e. The second kappa shape index (κ2) is 9.12. The standard InChI is InChI=1S/C20H25NO6/c1-7-8-14(21-27-12(2)22)13-11-17(25-5)18-15(23-3)9-10-16(24-4)19(18)20(13)26-6/h9-11H,7-8H2,1-6H3. The van der Waals surface area contributed by atoms with Gasteiger partial charge in [-0.1, -0.05) is 18.5 Å². The molecule has 0 atom stereocenters. The van der Waals surface area contributed by atoms with Crippen LogP contribution >= 0.6 is 0 Å². The van der Waals surface area contributed by atoms with Crippen LogP contribution < -0.4 is 18.9 Å². The van der Waals surface area contributed by atoms with E-state index in [2.05, 4.69) is 5.16 Å². The average molecular weight is 375 g/mol. The summed E-state index contributed by atoms with van der Waals surface area (Å²) in [5.74, 6) is 1.85. The predicted molar refractivity (Wildman–Crippen MR) is 103 cm³/mol. The van der Waals surface area contributed by atoms with E-state index in [4.69, 9.17) is 23.8 Å². The van der Waals surface area contributed by atoms with E-state index in [0.717, 1.165) is 11.8 Å². The van der Waals surface area contributed by atoms with Crippen molar-refractivity contribution >= 4 is 22.5 Å². The molecule has 7 nitrogen and oxygen atoms in total. The Morgan fingerprint density at radius 3 is 2.00 bits per heavy atom. The molecule has 2 rings (SSSR count). The summed E-state index contributed by atoms with van der Waals surface area (Å²) in [6, 6.07) is 5.42. The summed E-state index contributed by atoms with van der Waals surface area (Å²) in [4.78, 5) is 16.1. The zero-order chi connectivity index (χ0) is 20.0. The van der Waals surface area contributed by atoms with Crippen molar-refractivity contribution in [2.45, 2.75) is 26.7 Å². The predicted octanol–water partition coefficient (Wildman–Crippen LogP) is 3.94. The number of fused-ring (bicyclic) bond motifs is 1. The van der Waals surface area contributed by atoms with Crippen molar-refractivity contribution in [1.82, 2.24) is 0 Å². The molecule has 0 heterocycles. The van der Waals surface area contributed by atoms with Gasteiger partial charge in [-0.2, -0.15) is 0 Å². The molecule has 2 aromatic carbocycles. The number of carbonyl (C=O) groups is 1. The molecule has 0 aliphatic carbocycles. The molecule has 0 aliphatic rings. The van der Waals surface area contributed by atoms with Gasteiger partial charge in [0.05, 0.1) is 44.9 Å². The number of rotatable bonds is 8. The van der Waals surface area contributed by atoms with Gasteiger partial charge in [0.2, 0.25) is 0 Å². The first-order valence-electron chi connectivity index (χ1n) is 8.56. The van der Waals surface area contributed by atoms with Gasteiger partial charge in [-0.15, -0.1) is 0 Å². The minimum absolute atomic E-state index is 0.491. The number of methoxy groups -OCH3 is 4. The minimum Gasteiger partial charge on any atom is -0.496 e. The van der Waals surface area contributed by atoms with Gasteiger partial charge in [0, 0.05) is 12.5 Å². The number of hydrogen-bond donors (Lipinski definition) is 0. The zero-order valence-corrected chi connectivity index (χ0v) is 16.5. The van der Waals surface area contributed by atoms with Crippen molar-refractivity contribution < 1.29 is 28.6 Å². The van der Waals surface area contributed by atoms with Crippen molar-refractivity contribution in [3.05, 3.63) is 23.8 Å². The van der Waals surface area contributed by atoms with Crippen molar-refractivity contribution in [1.29, 1.82) is 0 Å². The summed E-state index contributed by atoms with van der Waals surface area (Å²) in [5, 5.41) is 5.45.